The molecule has 0 radical (unpaired) electrons. The molecule has 160 valence electrons. The molecule has 0 saturated heterocycles. The molecule has 0 aromatic carbocycles. The van der Waals surface area contributed by atoms with E-state index in [1.165, 1.54) is 38.5 Å². The fourth-order valence-electron chi connectivity index (χ4n) is 6.97. The minimum Gasteiger partial charge on any atom is -0.364 e. The lowest BCUT2D eigenvalue weighted by molar-refractivity contribution is -0.0503. The van der Waals surface area contributed by atoms with Crippen LogP contribution >= 0.6 is 0 Å². The maximum atomic E-state index is 13.3. The highest BCUT2D eigenvalue weighted by molar-refractivity contribution is 5.96. The summed E-state index contributed by atoms with van der Waals surface area (Å²) in [7, 11) is 0. The molecule has 4 bridgehead atoms. The number of nitrogens with one attached hydrogen (secondary N) is 1. The van der Waals surface area contributed by atoms with Gasteiger partial charge in [-0.05, 0) is 86.2 Å². The molecule has 4 aliphatic rings. The Bertz CT molecular complexity index is 971. The zero-order valence-corrected chi connectivity index (χ0v) is 18.0. The maximum Gasteiger partial charge on any atom is 0.269 e. The first-order valence-electron chi connectivity index (χ1n) is 11.4. The van der Waals surface area contributed by atoms with Gasteiger partial charge < -0.3 is 11.1 Å². The second kappa shape index (κ2) is 7.10. The number of carbonyl (C=O) groups excluding carboxylic acids is 2. The van der Waals surface area contributed by atoms with Crippen LogP contribution in [0.15, 0.2) is 18.2 Å². The molecule has 2 aromatic heterocycles. The van der Waals surface area contributed by atoms with E-state index in [1.54, 1.807) is 0 Å². The lowest BCUT2D eigenvalue weighted by atomic mass is 9.49. The Balaban J connectivity index is 1.43. The quantitative estimate of drug-likeness (QED) is 0.766. The Kier molecular flexibility index (Phi) is 4.64. The summed E-state index contributed by atoms with van der Waals surface area (Å²) >= 11 is 0. The van der Waals surface area contributed by atoms with Crippen molar-refractivity contribution in [1.29, 1.82) is 0 Å². The summed E-state index contributed by atoms with van der Waals surface area (Å²) in [5, 5.41) is 3.26. The normalized spacial score (nSPS) is 29.6. The van der Waals surface area contributed by atoms with Crippen molar-refractivity contribution in [3.63, 3.8) is 0 Å². The third-order valence-corrected chi connectivity index (χ3v) is 7.60. The van der Waals surface area contributed by atoms with Gasteiger partial charge >= 0.3 is 0 Å². The molecule has 2 aromatic rings. The van der Waals surface area contributed by atoms with E-state index in [-0.39, 0.29) is 17.0 Å². The van der Waals surface area contributed by atoms with Gasteiger partial charge in [0.05, 0.1) is 5.69 Å². The van der Waals surface area contributed by atoms with Crippen LogP contribution in [0.25, 0.3) is 5.65 Å². The zero-order chi connectivity index (χ0) is 21.0. The largest absolute Gasteiger partial charge is 0.364 e. The van der Waals surface area contributed by atoms with Crippen molar-refractivity contribution in [2.45, 2.75) is 58.8 Å². The van der Waals surface area contributed by atoms with E-state index in [2.05, 4.69) is 24.1 Å². The summed E-state index contributed by atoms with van der Waals surface area (Å²) < 4.78 is 1.83. The van der Waals surface area contributed by atoms with Gasteiger partial charge in [-0.25, -0.2) is 4.98 Å². The highest BCUT2D eigenvalue weighted by Crippen LogP contribution is 2.59. The zero-order valence-electron chi connectivity index (χ0n) is 18.0. The molecule has 0 atom stereocenters. The minimum absolute atomic E-state index is 0.0882. The van der Waals surface area contributed by atoms with Crippen molar-refractivity contribution in [3.05, 3.63) is 35.3 Å². The van der Waals surface area contributed by atoms with Crippen LogP contribution in [0.4, 0.5) is 0 Å². The Labute approximate surface area is 177 Å². The van der Waals surface area contributed by atoms with E-state index >= 15 is 0 Å². The lowest BCUT2D eigenvalue weighted by Gasteiger charge is -2.56. The standard InChI is InChI=1S/C24H32N4O2/c1-14(2)6-19-21(22(25)29)27-20-5-3-4-18(28(19)20)23(30)26-13-24-10-15-7-16(11-24)9-17(8-15)12-24/h3-5,14-17H,6-13H2,1-2H3,(H2,25,29)(H,26,30). The first-order valence-corrected chi connectivity index (χ1v) is 11.4. The van der Waals surface area contributed by atoms with Crippen molar-refractivity contribution >= 4 is 17.5 Å². The molecule has 6 rings (SSSR count). The Morgan fingerprint density at radius 2 is 1.80 bits per heavy atom. The summed E-state index contributed by atoms with van der Waals surface area (Å²) in [6, 6.07) is 5.47. The summed E-state index contributed by atoms with van der Waals surface area (Å²) in [6.45, 7) is 4.92. The minimum atomic E-state index is -0.547. The van der Waals surface area contributed by atoms with E-state index in [1.807, 2.05) is 22.6 Å². The van der Waals surface area contributed by atoms with Crippen molar-refractivity contribution < 1.29 is 9.59 Å². The van der Waals surface area contributed by atoms with Gasteiger partial charge in [-0.15, -0.1) is 0 Å². The summed E-state index contributed by atoms with van der Waals surface area (Å²) in [6.07, 6.45) is 8.62. The molecule has 4 fully saturated rings. The average molecular weight is 409 g/mol. The average Bonchev–Trinajstić information content (AvgIpc) is 3.03. The Morgan fingerprint density at radius 3 is 2.37 bits per heavy atom. The number of carbonyl (C=O) groups is 2. The number of aromatic nitrogens is 2. The van der Waals surface area contributed by atoms with Crippen LogP contribution in [0.5, 0.6) is 0 Å². The predicted octanol–water partition coefficient (Wildman–Crippen LogP) is 3.58. The van der Waals surface area contributed by atoms with Gasteiger partial charge in [0.1, 0.15) is 17.0 Å². The number of primary amides is 1. The van der Waals surface area contributed by atoms with Crippen LogP contribution in [-0.4, -0.2) is 27.7 Å². The molecule has 30 heavy (non-hydrogen) atoms. The SMILES string of the molecule is CC(C)Cc1c(C(N)=O)nc2cccc(C(=O)NCC34CC5CC(CC(C5)C3)C4)n12. The number of nitrogens with two attached hydrogens (primary N) is 1. The van der Waals surface area contributed by atoms with Crippen LogP contribution in [0.1, 0.15) is 79.0 Å². The van der Waals surface area contributed by atoms with Gasteiger partial charge in [-0.2, -0.15) is 0 Å². The summed E-state index contributed by atoms with van der Waals surface area (Å²) in [5.41, 5.74) is 8.01. The van der Waals surface area contributed by atoms with Crippen molar-refractivity contribution in [3.8, 4) is 0 Å². The molecule has 6 nitrogen and oxygen atoms in total. The van der Waals surface area contributed by atoms with Gasteiger partial charge in [0, 0.05) is 6.54 Å². The smallest absolute Gasteiger partial charge is 0.269 e. The van der Waals surface area contributed by atoms with E-state index in [0.29, 0.717) is 23.7 Å². The fourth-order valence-corrected chi connectivity index (χ4v) is 6.97. The van der Waals surface area contributed by atoms with Gasteiger partial charge in [0.15, 0.2) is 0 Å². The monoisotopic (exact) mass is 408 g/mol. The number of hydrogen-bond acceptors (Lipinski definition) is 3. The first-order chi connectivity index (χ1) is 14.3. The molecule has 4 saturated carbocycles. The van der Waals surface area contributed by atoms with E-state index in [9.17, 15) is 9.59 Å². The molecular weight excluding hydrogens is 376 g/mol. The van der Waals surface area contributed by atoms with Crippen molar-refractivity contribution in [1.82, 2.24) is 14.7 Å². The second-order valence-corrected chi connectivity index (χ2v) is 10.6. The Morgan fingerprint density at radius 1 is 1.17 bits per heavy atom. The Hall–Kier alpha value is -2.37. The number of pyridine rings is 1. The van der Waals surface area contributed by atoms with Crippen LogP contribution < -0.4 is 11.1 Å². The van der Waals surface area contributed by atoms with Crippen molar-refractivity contribution in [2.75, 3.05) is 6.54 Å². The maximum absolute atomic E-state index is 13.3. The first kappa shape index (κ1) is 19.6. The van der Waals surface area contributed by atoms with Gasteiger partial charge in [-0.3, -0.25) is 14.0 Å². The number of hydrogen-bond donors (Lipinski definition) is 2. The molecule has 2 heterocycles. The number of rotatable bonds is 6. The van der Waals surface area contributed by atoms with Crippen LogP contribution in [0.3, 0.4) is 0 Å². The molecule has 0 aliphatic heterocycles. The second-order valence-electron chi connectivity index (χ2n) is 10.6. The van der Waals surface area contributed by atoms with Crippen molar-refractivity contribution in [2.24, 2.45) is 34.8 Å². The van der Waals surface area contributed by atoms with E-state index < -0.39 is 5.91 Å². The molecule has 6 heteroatoms. The lowest BCUT2D eigenvalue weighted by Crippen LogP contribution is -2.51. The number of imidazole rings is 1. The molecular formula is C24H32N4O2. The van der Waals surface area contributed by atoms with E-state index in [4.69, 9.17) is 5.73 Å². The van der Waals surface area contributed by atoms with E-state index in [0.717, 1.165) is 30.0 Å². The fraction of sp³-hybridized carbons (Fsp3) is 0.625. The van der Waals surface area contributed by atoms with Crippen LogP contribution in [-0.2, 0) is 6.42 Å². The van der Waals surface area contributed by atoms with Gasteiger partial charge in [0.2, 0.25) is 0 Å². The number of fused-ring (bicyclic) bond motifs is 1. The molecule has 0 spiro atoms. The number of nitrogens with zero attached hydrogens (tertiary/aromatic N) is 2. The topological polar surface area (TPSA) is 89.5 Å². The van der Waals surface area contributed by atoms with Crippen LogP contribution in [0, 0.1) is 29.1 Å². The highest BCUT2D eigenvalue weighted by atomic mass is 16.2. The number of amides is 2. The summed E-state index contributed by atoms with van der Waals surface area (Å²) in [4.78, 5) is 29.7. The van der Waals surface area contributed by atoms with Gasteiger partial charge in [0.25, 0.3) is 11.8 Å². The van der Waals surface area contributed by atoms with Gasteiger partial charge in [-0.1, -0.05) is 19.9 Å². The third-order valence-electron chi connectivity index (χ3n) is 7.60. The molecule has 2 amide bonds. The van der Waals surface area contributed by atoms with Crippen LogP contribution in [0.2, 0.25) is 0 Å². The summed E-state index contributed by atoms with van der Waals surface area (Å²) in [5.74, 6) is 2.26. The molecule has 0 unspecified atom stereocenters. The highest BCUT2D eigenvalue weighted by Gasteiger charge is 2.50. The molecule has 3 N–H and O–H groups in total. The third kappa shape index (κ3) is 3.30. The predicted molar refractivity (Wildman–Crippen MR) is 115 cm³/mol. The molecule has 4 aliphatic carbocycles.